The summed E-state index contributed by atoms with van der Waals surface area (Å²) in [4.78, 5) is 0. The zero-order valence-electron chi connectivity index (χ0n) is 16.2. The van der Waals surface area contributed by atoms with Gasteiger partial charge in [-0.25, -0.2) is 0 Å². The van der Waals surface area contributed by atoms with E-state index >= 15 is 0 Å². The van der Waals surface area contributed by atoms with E-state index in [1.807, 2.05) is 14.2 Å². The Hall–Kier alpha value is -0.800. The number of hydrogen-bond donors (Lipinski definition) is 2. The van der Waals surface area contributed by atoms with Crippen molar-refractivity contribution in [2.24, 2.45) is 23.7 Å². The van der Waals surface area contributed by atoms with E-state index in [9.17, 15) is 5.11 Å². The van der Waals surface area contributed by atoms with Crippen LogP contribution in [-0.2, 0) is 4.74 Å². The molecule has 0 heterocycles. The molecule has 4 aliphatic carbocycles. The average Bonchev–Trinajstić information content (AvgIpc) is 2.97. The Balaban J connectivity index is 1.56. The van der Waals surface area contributed by atoms with Crippen LogP contribution in [0.25, 0.3) is 0 Å². The molecule has 0 amide bonds. The largest absolute Gasteiger partial charge is 0.501 e. The predicted molar refractivity (Wildman–Crippen MR) is 101 cm³/mol. The van der Waals surface area contributed by atoms with Gasteiger partial charge >= 0.3 is 0 Å². The molecule has 0 aliphatic heterocycles. The number of ether oxygens (including phenoxy) is 1. The second-order valence-electron chi connectivity index (χ2n) is 8.90. The number of nitrogens with one attached hydrogen (secondary N) is 1. The van der Waals surface area contributed by atoms with Crippen LogP contribution in [0.1, 0.15) is 64.7 Å². The van der Waals surface area contributed by atoms with Gasteiger partial charge in [-0.05, 0) is 87.7 Å². The number of rotatable bonds is 4. The van der Waals surface area contributed by atoms with E-state index < -0.39 is 5.60 Å². The van der Waals surface area contributed by atoms with E-state index in [0.29, 0.717) is 5.92 Å². The first-order chi connectivity index (χ1) is 12.1. The highest BCUT2D eigenvalue weighted by Gasteiger charge is 2.54. The molecule has 0 aromatic rings. The fraction of sp³-hybridized carbons (Fsp3) is 0.818. The fourth-order valence-electron chi connectivity index (χ4n) is 6.85. The molecule has 0 radical (unpaired) electrons. The normalized spacial score (nSPS) is 40.6. The van der Waals surface area contributed by atoms with Crippen LogP contribution in [0.5, 0.6) is 0 Å². The number of fused-ring (bicyclic) bond motifs is 4. The summed E-state index contributed by atoms with van der Waals surface area (Å²) in [6, 6.07) is 0. The molecule has 3 heteroatoms. The summed E-state index contributed by atoms with van der Waals surface area (Å²) in [5.74, 6) is 4.09. The van der Waals surface area contributed by atoms with Crippen molar-refractivity contribution in [3.8, 4) is 0 Å². The van der Waals surface area contributed by atoms with Gasteiger partial charge in [0.05, 0.1) is 18.5 Å². The van der Waals surface area contributed by atoms with Gasteiger partial charge in [0.2, 0.25) is 0 Å². The summed E-state index contributed by atoms with van der Waals surface area (Å²) in [6.07, 6.45) is 10.7. The van der Waals surface area contributed by atoms with Crippen LogP contribution < -0.4 is 5.32 Å². The highest BCUT2D eigenvalue weighted by atomic mass is 16.5. The minimum atomic E-state index is -0.455. The number of likely N-dealkylation sites (N-methyl/N-ethyl adjacent to an activating group) is 1. The summed E-state index contributed by atoms with van der Waals surface area (Å²) in [5.41, 5.74) is 4.54. The molecule has 3 nitrogen and oxygen atoms in total. The zero-order valence-corrected chi connectivity index (χ0v) is 16.2. The standard InChI is InChI=1S/C22H35NO2/c1-4-14-11-19-15(12-21(14)25-3)5-6-16-17(19)7-8-20-18(16)9-10-22(20,24)13-23-2/h16-18,20,23-24H,4-13H2,1-3H3/t16-,17+,18+,20+,22-/m1/s1. The van der Waals surface area contributed by atoms with Crippen LogP contribution in [0.3, 0.4) is 0 Å². The lowest BCUT2D eigenvalue weighted by molar-refractivity contribution is -0.0372. The first-order valence-electron chi connectivity index (χ1n) is 10.4. The molecule has 0 saturated heterocycles. The van der Waals surface area contributed by atoms with Gasteiger partial charge in [0.15, 0.2) is 0 Å². The smallest absolute Gasteiger partial charge is 0.0990 e. The maximum atomic E-state index is 11.2. The molecule has 0 unspecified atom stereocenters. The lowest BCUT2D eigenvalue weighted by Gasteiger charge is -2.48. The van der Waals surface area contributed by atoms with Crippen LogP contribution in [0.4, 0.5) is 0 Å². The predicted octanol–water partition coefficient (Wildman–Crippen LogP) is 4.18. The minimum Gasteiger partial charge on any atom is -0.501 e. The van der Waals surface area contributed by atoms with Crippen molar-refractivity contribution in [3.63, 3.8) is 0 Å². The third-order valence-corrected chi connectivity index (χ3v) is 7.98. The SMILES string of the molecule is CCC1=C(OC)CC2=C(C1)[C@H]1CC[C@H]3[C@@H](CC[C@@]3(O)CNC)[C@@H]1CC2. The summed E-state index contributed by atoms with van der Waals surface area (Å²) in [7, 11) is 3.82. The molecular formula is C22H35NO2. The van der Waals surface area contributed by atoms with Gasteiger partial charge in [0.1, 0.15) is 0 Å². The summed E-state index contributed by atoms with van der Waals surface area (Å²) in [5, 5.41) is 14.4. The van der Waals surface area contributed by atoms with E-state index in [1.54, 1.807) is 11.1 Å². The lowest BCUT2D eigenvalue weighted by Crippen LogP contribution is -2.48. The molecule has 5 atom stereocenters. The second kappa shape index (κ2) is 6.74. The quantitative estimate of drug-likeness (QED) is 0.751. The molecule has 2 fully saturated rings. The van der Waals surface area contributed by atoms with Crippen molar-refractivity contribution in [1.29, 1.82) is 0 Å². The van der Waals surface area contributed by atoms with Crippen molar-refractivity contribution >= 4 is 0 Å². The number of hydrogen-bond acceptors (Lipinski definition) is 3. The van der Waals surface area contributed by atoms with Gasteiger partial charge in [-0.15, -0.1) is 0 Å². The Bertz CT molecular complexity index is 593. The Morgan fingerprint density at radius 2 is 2.00 bits per heavy atom. The van der Waals surface area contributed by atoms with Gasteiger partial charge in [-0.2, -0.15) is 0 Å². The maximum Gasteiger partial charge on any atom is 0.0990 e. The van der Waals surface area contributed by atoms with Crippen molar-refractivity contribution in [2.45, 2.75) is 70.3 Å². The molecule has 0 aromatic carbocycles. The molecule has 0 spiro atoms. The van der Waals surface area contributed by atoms with Gasteiger partial charge in [0, 0.05) is 13.0 Å². The average molecular weight is 346 g/mol. The molecule has 2 N–H and O–H groups in total. The van der Waals surface area contributed by atoms with Crippen molar-refractivity contribution in [3.05, 3.63) is 22.5 Å². The van der Waals surface area contributed by atoms with Crippen LogP contribution in [0.15, 0.2) is 22.5 Å². The van der Waals surface area contributed by atoms with E-state index in [-0.39, 0.29) is 0 Å². The fourth-order valence-corrected chi connectivity index (χ4v) is 6.85. The van der Waals surface area contributed by atoms with E-state index in [2.05, 4.69) is 12.2 Å². The summed E-state index contributed by atoms with van der Waals surface area (Å²) < 4.78 is 5.71. The second-order valence-corrected chi connectivity index (χ2v) is 8.90. The lowest BCUT2D eigenvalue weighted by atomic mass is 9.58. The van der Waals surface area contributed by atoms with E-state index in [0.717, 1.165) is 50.0 Å². The number of aliphatic hydroxyl groups is 1. The van der Waals surface area contributed by atoms with Gasteiger partial charge in [0.25, 0.3) is 0 Å². The van der Waals surface area contributed by atoms with Crippen molar-refractivity contribution < 1.29 is 9.84 Å². The molecule has 25 heavy (non-hydrogen) atoms. The monoisotopic (exact) mass is 345 g/mol. The Morgan fingerprint density at radius 3 is 2.72 bits per heavy atom. The van der Waals surface area contributed by atoms with Crippen LogP contribution in [0.2, 0.25) is 0 Å². The van der Waals surface area contributed by atoms with Gasteiger partial charge in [-0.1, -0.05) is 18.1 Å². The van der Waals surface area contributed by atoms with E-state index in [4.69, 9.17) is 4.74 Å². The molecule has 2 saturated carbocycles. The molecule has 4 rings (SSSR count). The zero-order chi connectivity index (χ0) is 17.6. The Labute approximate surface area is 152 Å². The minimum absolute atomic E-state index is 0.455. The highest BCUT2D eigenvalue weighted by molar-refractivity contribution is 5.36. The Morgan fingerprint density at radius 1 is 1.16 bits per heavy atom. The first-order valence-corrected chi connectivity index (χ1v) is 10.4. The topological polar surface area (TPSA) is 41.5 Å². The third-order valence-electron chi connectivity index (χ3n) is 7.98. The molecule has 0 aromatic heterocycles. The summed E-state index contributed by atoms with van der Waals surface area (Å²) >= 11 is 0. The van der Waals surface area contributed by atoms with Crippen molar-refractivity contribution in [1.82, 2.24) is 5.32 Å². The van der Waals surface area contributed by atoms with Gasteiger partial charge in [-0.3, -0.25) is 0 Å². The van der Waals surface area contributed by atoms with Crippen molar-refractivity contribution in [2.75, 3.05) is 20.7 Å². The number of allylic oxidation sites excluding steroid dienone is 3. The Kier molecular flexibility index (Phi) is 4.74. The molecule has 140 valence electrons. The molecular weight excluding hydrogens is 310 g/mol. The summed E-state index contributed by atoms with van der Waals surface area (Å²) in [6.45, 7) is 3.03. The van der Waals surface area contributed by atoms with Crippen LogP contribution >= 0.6 is 0 Å². The third kappa shape index (κ3) is 2.78. The number of methoxy groups -OCH3 is 1. The first kappa shape index (κ1) is 17.6. The van der Waals surface area contributed by atoms with E-state index in [1.165, 1.54) is 43.4 Å². The molecule has 0 bridgehead atoms. The van der Waals surface area contributed by atoms with Gasteiger partial charge < -0.3 is 15.2 Å². The maximum absolute atomic E-state index is 11.2. The molecule has 4 aliphatic rings. The highest BCUT2D eigenvalue weighted by Crippen LogP contribution is 2.58. The van der Waals surface area contributed by atoms with Crippen LogP contribution in [0, 0.1) is 23.7 Å². The van der Waals surface area contributed by atoms with Crippen LogP contribution in [-0.4, -0.2) is 31.4 Å².